The van der Waals surface area contributed by atoms with Crippen LogP contribution < -0.4 is 5.32 Å². The number of ether oxygens (including phenoxy) is 1. The Morgan fingerprint density at radius 3 is 2.72 bits per heavy atom. The average molecular weight is 361 g/mol. The molecule has 0 aliphatic rings. The molecule has 1 rings (SSSR count). The molecule has 0 fully saturated rings. The van der Waals surface area contributed by atoms with Crippen LogP contribution in [-0.4, -0.2) is 25.7 Å². The molecular weight excluding hydrogens is 341 g/mol. The van der Waals surface area contributed by atoms with E-state index in [-0.39, 0.29) is 5.91 Å². The van der Waals surface area contributed by atoms with Gasteiger partial charge in [0.25, 0.3) is 5.91 Å². The molecule has 1 aromatic carbocycles. The molecule has 0 saturated heterocycles. The van der Waals surface area contributed by atoms with E-state index in [2.05, 4.69) is 41.8 Å². The largest absolute Gasteiger partial charge is 0.380 e. The zero-order chi connectivity index (χ0) is 13.4. The van der Waals surface area contributed by atoms with Crippen molar-refractivity contribution in [1.82, 2.24) is 5.32 Å². The van der Waals surface area contributed by atoms with E-state index in [4.69, 9.17) is 4.74 Å². The normalized spacial score (nSPS) is 10.7. The Bertz CT molecular complexity index is 380. The van der Waals surface area contributed by atoms with Crippen molar-refractivity contribution >= 4 is 28.5 Å². The Balaban J connectivity index is 2.20. The van der Waals surface area contributed by atoms with E-state index in [1.54, 1.807) is 0 Å². The van der Waals surface area contributed by atoms with Crippen LogP contribution in [0, 0.1) is 9.49 Å². The van der Waals surface area contributed by atoms with Gasteiger partial charge in [-0.3, -0.25) is 4.79 Å². The zero-order valence-electron chi connectivity index (χ0n) is 10.9. The molecule has 1 N–H and O–H groups in total. The monoisotopic (exact) mass is 361 g/mol. The van der Waals surface area contributed by atoms with Crippen LogP contribution in [0.4, 0.5) is 0 Å². The molecule has 0 aromatic heterocycles. The summed E-state index contributed by atoms with van der Waals surface area (Å²) in [6.45, 7) is 6.23. The van der Waals surface area contributed by atoms with Crippen molar-refractivity contribution in [2.24, 2.45) is 5.92 Å². The van der Waals surface area contributed by atoms with Crippen molar-refractivity contribution in [2.75, 3.05) is 19.8 Å². The summed E-state index contributed by atoms with van der Waals surface area (Å²) in [5.74, 6) is 0.623. The van der Waals surface area contributed by atoms with E-state index in [0.717, 1.165) is 22.2 Å². The summed E-state index contributed by atoms with van der Waals surface area (Å²) in [6.07, 6.45) is 1.06. The molecule has 0 aliphatic carbocycles. The number of carbonyl (C=O) groups is 1. The Morgan fingerprint density at radius 1 is 1.33 bits per heavy atom. The maximum atomic E-state index is 11.8. The quantitative estimate of drug-likeness (QED) is 0.599. The highest BCUT2D eigenvalue weighted by Gasteiger charge is 2.07. The molecule has 0 bridgehead atoms. The van der Waals surface area contributed by atoms with Gasteiger partial charge in [0.15, 0.2) is 0 Å². The van der Waals surface area contributed by atoms with Crippen LogP contribution in [0.15, 0.2) is 24.3 Å². The van der Waals surface area contributed by atoms with Gasteiger partial charge < -0.3 is 10.1 Å². The first-order chi connectivity index (χ1) is 8.61. The second-order valence-corrected chi connectivity index (χ2v) is 5.69. The average Bonchev–Trinajstić information content (AvgIpc) is 2.33. The first-order valence-electron chi connectivity index (χ1n) is 6.21. The van der Waals surface area contributed by atoms with Crippen LogP contribution in [-0.2, 0) is 4.74 Å². The molecule has 0 aliphatic heterocycles. The van der Waals surface area contributed by atoms with Crippen LogP contribution in [0.3, 0.4) is 0 Å². The molecule has 0 atom stereocenters. The maximum Gasteiger partial charge on any atom is 0.252 e. The number of amides is 1. The van der Waals surface area contributed by atoms with E-state index in [9.17, 15) is 4.79 Å². The van der Waals surface area contributed by atoms with E-state index >= 15 is 0 Å². The second kappa shape index (κ2) is 8.48. The summed E-state index contributed by atoms with van der Waals surface area (Å²) < 4.78 is 6.41. The highest BCUT2D eigenvalue weighted by Crippen LogP contribution is 2.10. The predicted octanol–water partition coefficient (Wildman–Crippen LogP) is 3.08. The van der Waals surface area contributed by atoms with E-state index in [1.807, 2.05) is 24.3 Å². The summed E-state index contributed by atoms with van der Waals surface area (Å²) >= 11 is 2.17. The number of rotatable bonds is 7. The van der Waals surface area contributed by atoms with E-state index in [1.165, 1.54) is 0 Å². The number of benzene rings is 1. The first-order valence-corrected chi connectivity index (χ1v) is 7.29. The fourth-order valence-electron chi connectivity index (χ4n) is 1.40. The number of carbonyl (C=O) groups excluding carboxylic acids is 1. The van der Waals surface area contributed by atoms with Crippen molar-refractivity contribution < 1.29 is 9.53 Å². The molecule has 0 radical (unpaired) electrons. The van der Waals surface area contributed by atoms with Crippen molar-refractivity contribution in [3.8, 4) is 0 Å². The maximum absolute atomic E-state index is 11.8. The van der Waals surface area contributed by atoms with Gasteiger partial charge in [-0.1, -0.05) is 26.0 Å². The lowest BCUT2D eigenvalue weighted by molar-refractivity contribution is 0.0905. The third kappa shape index (κ3) is 5.82. The lowest BCUT2D eigenvalue weighted by Gasteiger charge is -2.08. The van der Waals surface area contributed by atoms with Crippen LogP contribution >= 0.6 is 22.6 Å². The van der Waals surface area contributed by atoms with Crippen LogP contribution in [0.5, 0.6) is 0 Å². The Hall–Kier alpha value is -0.620. The molecule has 100 valence electrons. The van der Waals surface area contributed by atoms with Crippen molar-refractivity contribution in [3.63, 3.8) is 0 Å². The minimum absolute atomic E-state index is 0.0348. The van der Waals surface area contributed by atoms with Crippen molar-refractivity contribution in [1.29, 1.82) is 0 Å². The topological polar surface area (TPSA) is 38.3 Å². The van der Waals surface area contributed by atoms with Gasteiger partial charge in [0.05, 0.1) is 12.2 Å². The Labute approximate surface area is 122 Å². The first kappa shape index (κ1) is 15.4. The van der Waals surface area contributed by atoms with Gasteiger partial charge >= 0.3 is 0 Å². The summed E-state index contributed by atoms with van der Waals surface area (Å²) in [7, 11) is 0. The fourth-order valence-corrected chi connectivity index (χ4v) is 2.03. The van der Waals surface area contributed by atoms with Crippen molar-refractivity contribution in [3.05, 3.63) is 33.4 Å². The van der Waals surface area contributed by atoms with Gasteiger partial charge in [0.1, 0.15) is 0 Å². The molecular formula is C14H20INO2. The SMILES string of the molecule is CC(C)CCOCCNC(=O)c1ccccc1I. The summed E-state index contributed by atoms with van der Waals surface area (Å²) in [5.41, 5.74) is 0.722. The molecule has 3 nitrogen and oxygen atoms in total. The smallest absolute Gasteiger partial charge is 0.252 e. The summed E-state index contributed by atoms with van der Waals surface area (Å²) in [6, 6.07) is 7.55. The van der Waals surface area contributed by atoms with E-state index < -0.39 is 0 Å². The lowest BCUT2D eigenvalue weighted by Crippen LogP contribution is -2.28. The zero-order valence-corrected chi connectivity index (χ0v) is 13.1. The molecule has 0 heterocycles. The highest BCUT2D eigenvalue weighted by atomic mass is 127. The molecule has 1 aromatic rings. The number of halogens is 1. The lowest BCUT2D eigenvalue weighted by atomic mass is 10.1. The molecule has 1 amide bonds. The Kier molecular flexibility index (Phi) is 7.27. The molecule has 4 heteroatoms. The minimum atomic E-state index is -0.0348. The van der Waals surface area contributed by atoms with Crippen LogP contribution in [0.2, 0.25) is 0 Å². The third-order valence-electron chi connectivity index (χ3n) is 2.49. The van der Waals surface area contributed by atoms with Gasteiger partial charge in [-0.2, -0.15) is 0 Å². The summed E-state index contributed by atoms with van der Waals surface area (Å²) in [4.78, 5) is 11.8. The highest BCUT2D eigenvalue weighted by molar-refractivity contribution is 14.1. The molecule has 0 saturated carbocycles. The standard InChI is InChI=1S/C14H20INO2/c1-11(2)7-9-18-10-8-16-14(17)12-5-3-4-6-13(12)15/h3-6,11H,7-10H2,1-2H3,(H,16,17). The molecule has 18 heavy (non-hydrogen) atoms. The van der Waals surface area contributed by atoms with Crippen molar-refractivity contribution in [2.45, 2.75) is 20.3 Å². The number of hydrogen-bond donors (Lipinski definition) is 1. The number of hydrogen-bond acceptors (Lipinski definition) is 2. The minimum Gasteiger partial charge on any atom is -0.380 e. The summed E-state index contributed by atoms with van der Waals surface area (Å²) in [5, 5.41) is 2.86. The van der Waals surface area contributed by atoms with Gasteiger partial charge in [-0.15, -0.1) is 0 Å². The van der Waals surface area contributed by atoms with Crippen LogP contribution in [0.1, 0.15) is 30.6 Å². The van der Waals surface area contributed by atoms with Crippen LogP contribution in [0.25, 0.3) is 0 Å². The van der Waals surface area contributed by atoms with Gasteiger partial charge in [0, 0.05) is 16.7 Å². The van der Waals surface area contributed by atoms with Gasteiger partial charge in [-0.25, -0.2) is 0 Å². The Morgan fingerprint density at radius 2 is 2.06 bits per heavy atom. The van der Waals surface area contributed by atoms with Gasteiger partial charge in [0.2, 0.25) is 0 Å². The van der Waals surface area contributed by atoms with E-state index in [0.29, 0.717) is 19.1 Å². The number of nitrogens with one attached hydrogen (secondary N) is 1. The fraction of sp³-hybridized carbons (Fsp3) is 0.500. The second-order valence-electron chi connectivity index (χ2n) is 4.53. The third-order valence-corrected chi connectivity index (χ3v) is 3.43. The predicted molar refractivity (Wildman–Crippen MR) is 81.8 cm³/mol. The van der Waals surface area contributed by atoms with Gasteiger partial charge in [-0.05, 0) is 47.1 Å². The molecule has 0 spiro atoms. The molecule has 0 unspecified atom stereocenters.